The number of rotatable bonds is 5. The quantitative estimate of drug-likeness (QED) is 0.197. The molecule has 0 saturated carbocycles. The fourth-order valence-electron chi connectivity index (χ4n) is 6.26. The van der Waals surface area contributed by atoms with Gasteiger partial charge in [0, 0.05) is 27.5 Å². The summed E-state index contributed by atoms with van der Waals surface area (Å²) in [4.78, 5) is 14.9. The minimum atomic E-state index is 0.617. The Morgan fingerprint density at radius 3 is 1.38 bits per heavy atom. The van der Waals surface area contributed by atoms with E-state index in [0.29, 0.717) is 17.5 Å². The summed E-state index contributed by atoms with van der Waals surface area (Å²) in [5, 5.41) is 4.40. The van der Waals surface area contributed by atoms with Gasteiger partial charge in [-0.2, -0.15) is 0 Å². The Labute approximate surface area is 271 Å². The Balaban J connectivity index is 1.15. The molecule has 0 aliphatic carbocycles. The maximum atomic E-state index is 6.28. The molecule has 0 radical (unpaired) electrons. The Hall–Kier alpha value is -6.39. The molecule has 0 fully saturated rings. The highest BCUT2D eigenvalue weighted by Gasteiger charge is 2.15. The SMILES string of the molecule is c1ccc(-c2ccc(-c3ccc4oc5ccc(-c6nc(-c7ccccc7)nc(-c7ccc8ccccc8c7)n6)cc5c4c3)cc2)cc1. The third kappa shape index (κ3) is 5.02. The predicted molar refractivity (Wildman–Crippen MR) is 192 cm³/mol. The molecule has 0 atom stereocenters. The summed E-state index contributed by atoms with van der Waals surface area (Å²) in [6, 6.07) is 56.5. The Kier molecular flexibility index (Phi) is 6.43. The summed E-state index contributed by atoms with van der Waals surface area (Å²) >= 11 is 0. The lowest BCUT2D eigenvalue weighted by molar-refractivity contribution is 0.669. The van der Waals surface area contributed by atoms with Crippen LogP contribution in [0.1, 0.15) is 0 Å². The van der Waals surface area contributed by atoms with Gasteiger partial charge in [0.05, 0.1) is 0 Å². The minimum absolute atomic E-state index is 0.617. The van der Waals surface area contributed by atoms with Gasteiger partial charge in [0.1, 0.15) is 11.2 Å². The molecule has 47 heavy (non-hydrogen) atoms. The van der Waals surface area contributed by atoms with E-state index in [1.807, 2.05) is 48.5 Å². The molecular weight excluding hydrogens is 574 g/mol. The van der Waals surface area contributed by atoms with E-state index in [1.54, 1.807) is 0 Å². The first-order valence-electron chi connectivity index (χ1n) is 15.7. The average molecular weight is 602 g/mol. The Morgan fingerprint density at radius 1 is 0.298 bits per heavy atom. The fourth-order valence-corrected chi connectivity index (χ4v) is 6.26. The van der Waals surface area contributed by atoms with Gasteiger partial charge in [-0.15, -0.1) is 0 Å². The summed E-state index contributed by atoms with van der Waals surface area (Å²) in [5.74, 6) is 1.89. The van der Waals surface area contributed by atoms with Crippen LogP contribution in [0.2, 0.25) is 0 Å². The van der Waals surface area contributed by atoms with Crippen molar-refractivity contribution < 1.29 is 4.42 Å². The molecule has 4 nitrogen and oxygen atoms in total. The third-order valence-corrected chi connectivity index (χ3v) is 8.73. The van der Waals surface area contributed by atoms with E-state index in [1.165, 1.54) is 16.5 Å². The molecule has 0 unspecified atom stereocenters. The average Bonchev–Trinajstić information content (AvgIpc) is 3.52. The maximum Gasteiger partial charge on any atom is 0.164 e. The van der Waals surface area contributed by atoms with Crippen LogP contribution in [0.4, 0.5) is 0 Å². The summed E-state index contributed by atoms with van der Waals surface area (Å²) in [5.41, 5.74) is 9.16. The maximum absolute atomic E-state index is 6.28. The van der Waals surface area contributed by atoms with E-state index in [0.717, 1.165) is 55.1 Å². The number of fused-ring (bicyclic) bond motifs is 4. The van der Waals surface area contributed by atoms with Crippen LogP contribution in [0.3, 0.4) is 0 Å². The van der Waals surface area contributed by atoms with Gasteiger partial charge in [0.2, 0.25) is 0 Å². The van der Waals surface area contributed by atoms with Crippen LogP contribution in [0, 0.1) is 0 Å². The minimum Gasteiger partial charge on any atom is -0.456 e. The molecule has 2 heterocycles. The van der Waals surface area contributed by atoms with E-state index in [4.69, 9.17) is 19.4 Å². The van der Waals surface area contributed by atoms with Crippen LogP contribution in [0.25, 0.3) is 89.1 Å². The van der Waals surface area contributed by atoms with E-state index in [9.17, 15) is 0 Å². The van der Waals surface area contributed by atoms with Gasteiger partial charge in [-0.3, -0.25) is 0 Å². The van der Waals surface area contributed by atoms with Gasteiger partial charge in [-0.05, 0) is 69.4 Å². The Bertz CT molecular complexity index is 2550. The molecule has 2 aromatic heterocycles. The number of furan rings is 1. The lowest BCUT2D eigenvalue weighted by atomic mass is 9.99. The molecule has 9 rings (SSSR count). The molecule has 0 saturated heterocycles. The van der Waals surface area contributed by atoms with Crippen LogP contribution in [-0.2, 0) is 0 Å². The van der Waals surface area contributed by atoms with Crippen molar-refractivity contribution in [2.75, 3.05) is 0 Å². The number of hydrogen-bond donors (Lipinski definition) is 0. The lowest BCUT2D eigenvalue weighted by Gasteiger charge is -2.09. The van der Waals surface area contributed by atoms with Crippen molar-refractivity contribution in [1.29, 1.82) is 0 Å². The monoisotopic (exact) mass is 601 g/mol. The molecular formula is C43H27N3O. The molecule has 0 aliphatic rings. The third-order valence-electron chi connectivity index (χ3n) is 8.73. The van der Waals surface area contributed by atoms with Crippen molar-refractivity contribution in [2.24, 2.45) is 0 Å². The van der Waals surface area contributed by atoms with Crippen LogP contribution in [-0.4, -0.2) is 15.0 Å². The number of hydrogen-bond acceptors (Lipinski definition) is 4. The fraction of sp³-hybridized carbons (Fsp3) is 0. The van der Waals surface area contributed by atoms with Crippen molar-refractivity contribution in [3.05, 3.63) is 164 Å². The summed E-state index contributed by atoms with van der Waals surface area (Å²) in [7, 11) is 0. The van der Waals surface area contributed by atoms with Crippen LogP contribution >= 0.6 is 0 Å². The second-order valence-corrected chi connectivity index (χ2v) is 11.7. The zero-order valence-electron chi connectivity index (χ0n) is 25.3. The van der Waals surface area contributed by atoms with Gasteiger partial charge in [0.25, 0.3) is 0 Å². The molecule has 0 bridgehead atoms. The zero-order chi connectivity index (χ0) is 31.2. The van der Waals surface area contributed by atoms with E-state index in [-0.39, 0.29) is 0 Å². The number of benzene rings is 7. The van der Waals surface area contributed by atoms with Crippen molar-refractivity contribution in [3.8, 4) is 56.4 Å². The molecule has 0 N–H and O–H groups in total. The van der Waals surface area contributed by atoms with Crippen molar-refractivity contribution in [1.82, 2.24) is 15.0 Å². The van der Waals surface area contributed by atoms with Gasteiger partial charge in [-0.25, -0.2) is 15.0 Å². The molecule has 0 amide bonds. The summed E-state index contributed by atoms with van der Waals surface area (Å²) in [6.45, 7) is 0. The van der Waals surface area contributed by atoms with Crippen LogP contribution < -0.4 is 0 Å². The first kappa shape index (κ1) is 27.0. The predicted octanol–water partition coefficient (Wildman–Crippen LogP) is 11.3. The van der Waals surface area contributed by atoms with Crippen LogP contribution in [0.5, 0.6) is 0 Å². The molecule has 0 spiro atoms. The van der Waals surface area contributed by atoms with Gasteiger partial charge >= 0.3 is 0 Å². The number of nitrogens with zero attached hydrogens (tertiary/aromatic N) is 3. The van der Waals surface area contributed by atoms with Gasteiger partial charge in [0.15, 0.2) is 17.5 Å². The highest BCUT2D eigenvalue weighted by atomic mass is 16.3. The molecule has 220 valence electrons. The van der Waals surface area contributed by atoms with Crippen molar-refractivity contribution in [3.63, 3.8) is 0 Å². The first-order valence-corrected chi connectivity index (χ1v) is 15.7. The number of aromatic nitrogens is 3. The van der Waals surface area contributed by atoms with Gasteiger partial charge in [-0.1, -0.05) is 127 Å². The first-order chi connectivity index (χ1) is 23.2. The largest absolute Gasteiger partial charge is 0.456 e. The highest BCUT2D eigenvalue weighted by Crippen LogP contribution is 2.36. The molecule has 7 aromatic carbocycles. The Morgan fingerprint density at radius 2 is 0.723 bits per heavy atom. The van der Waals surface area contributed by atoms with E-state index >= 15 is 0 Å². The van der Waals surface area contributed by atoms with Crippen molar-refractivity contribution in [2.45, 2.75) is 0 Å². The molecule has 9 aromatic rings. The van der Waals surface area contributed by atoms with E-state index in [2.05, 4.69) is 115 Å². The highest BCUT2D eigenvalue weighted by molar-refractivity contribution is 6.07. The van der Waals surface area contributed by atoms with Crippen molar-refractivity contribution >= 4 is 32.7 Å². The second-order valence-electron chi connectivity index (χ2n) is 11.7. The second kappa shape index (κ2) is 11.2. The summed E-state index contributed by atoms with van der Waals surface area (Å²) < 4.78 is 6.28. The van der Waals surface area contributed by atoms with Gasteiger partial charge < -0.3 is 4.42 Å². The smallest absolute Gasteiger partial charge is 0.164 e. The summed E-state index contributed by atoms with van der Waals surface area (Å²) in [6.07, 6.45) is 0. The lowest BCUT2D eigenvalue weighted by Crippen LogP contribution is -2.00. The topological polar surface area (TPSA) is 51.8 Å². The normalized spacial score (nSPS) is 11.4. The standard InChI is InChI=1S/C43H27N3O/c1-3-9-28(10-4-1)30-15-17-31(18-16-30)34-21-23-39-37(26-34)38-27-36(22-24-40(38)47-39)43-45-41(32-12-5-2-6-13-32)44-42(46-43)35-20-19-29-11-7-8-14-33(29)25-35/h1-27H. The molecule has 4 heteroatoms. The zero-order valence-corrected chi connectivity index (χ0v) is 25.3. The molecule has 0 aliphatic heterocycles. The van der Waals surface area contributed by atoms with Crippen LogP contribution in [0.15, 0.2) is 168 Å². The van der Waals surface area contributed by atoms with E-state index < -0.39 is 0 Å².